The number of thiazole rings is 1. The quantitative estimate of drug-likeness (QED) is 0.426. The van der Waals surface area contributed by atoms with Crippen LogP contribution >= 0.6 is 34.5 Å². The van der Waals surface area contributed by atoms with Gasteiger partial charge in [0, 0.05) is 23.7 Å². The summed E-state index contributed by atoms with van der Waals surface area (Å²) < 4.78 is 2.98. The van der Waals surface area contributed by atoms with Gasteiger partial charge in [-0.05, 0) is 37.3 Å². The minimum Gasteiger partial charge on any atom is -0.327 e. The summed E-state index contributed by atoms with van der Waals surface area (Å²) in [6, 6.07) is 8.50. The zero-order valence-electron chi connectivity index (χ0n) is 15.2. The smallest absolute Gasteiger partial charge is 0.254 e. The van der Waals surface area contributed by atoms with Gasteiger partial charge in [-0.1, -0.05) is 23.2 Å². The van der Waals surface area contributed by atoms with Crippen molar-refractivity contribution in [2.75, 3.05) is 6.54 Å². The first-order chi connectivity index (χ1) is 14.0. The molecule has 7 nitrogen and oxygen atoms in total. The van der Waals surface area contributed by atoms with E-state index >= 15 is 0 Å². The Morgan fingerprint density at radius 1 is 1.17 bits per heavy atom. The standard InChI is InChI=1S/C19H14Cl2N6OS/c1-10-16-24-25-17(18-23-13-9-22-15(21)8-14(13)29-18)27(16)7-6-26(10)19(28)11-2-4-12(20)5-3-11/h2-5,8-10H,6-7H2,1H3. The summed E-state index contributed by atoms with van der Waals surface area (Å²) in [4.78, 5) is 23.5. The molecule has 0 spiro atoms. The second kappa shape index (κ2) is 7.05. The van der Waals surface area contributed by atoms with Crippen LogP contribution in [0.5, 0.6) is 0 Å². The zero-order chi connectivity index (χ0) is 20.1. The highest BCUT2D eigenvalue weighted by molar-refractivity contribution is 7.21. The molecule has 1 unspecified atom stereocenters. The second-order valence-corrected chi connectivity index (χ2v) is 8.56. The molecule has 5 rings (SSSR count). The summed E-state index contributed by atoms with van der Waals surface area (Å²) in [5, 5.41) is 10.5. The van der Waals surface area contributed by atoms with Crippen molar-refractivity contribution >= 4 is 50.7 Å². The Morgan fingerprint density at radius 2 is 1.97 bits per heavy atom. The van der Waals surface area contributed by atoms with Crippen molar-refractivity contribution in [2.45, 2.75) is 19.5 Å². The maximum Gasteiger partial charge on any atom is 0.254 e. The van der Waals surface area contributed by atoms with Crippen LogP contribution in [0, 0.1) is 0 Å². The first-order valence-corrected chi connectivity index (χ1v) is 10.5. The molecule has 1 aliphatic heterocycles. The molecule has 0 saturated carbocycles. The molecule has 0 fully saturated rings. The van der Waals surface area contributed by atoms with Crippen LogP contribution in [0.4, 0.5) is 0 Å². The number of aromatic nitrogens is 5. The fourth-order valence-corrected chi connectivity index (χ4v) is 4.80. The van der Waals surface area contributed by atoms with Crippen LogP contribution in [0.2, 0.25) is 10.2 Å². The molecule has 3 aromatic heterocycles. The number of nitrogens with zero attached hydrogens (tertiary/aromatic N) is 6. The number of hydrogen-bond donors (Lipinski definition) is 0. The monoisotopic (exact) mass is 444 g/mol. The number of benzene rings is 1. The molecule has 4 aromatic rings. The molecule has 0 bridgehead atoms. The minimum absolute atomic E-state index is 0.0503. The van der Waals surface area contributed by atoms with Gasteiger partial charge < -0.3 is 9.47 Å². The van der Waals surface area contributed by atoms with Crippen molar-refractivity contribution in [2.24, 2.45) is 0 Å². The van der Waals surface area contributed by atoms with Crippen molar-refractivity contribution in [3.8, 4) is 10.8 Å². The van der Waals surface area contributed by atoms with E-state index in [2.05, 4.69) is 20.2 Å². The van der Waals surface area contributed by atoms with E-state index < -0.39 is 0 Å². The van der Waals surface area contributed by atoms with Gasteiger partial charge in [0.15, 0.2) is 16.7 Å². The molecule has 0 saturated heterocycles. The highest BCUT2D eigenvalue weighted by Gasteiger charge is 2.32. The Labute approximate surface area is 179 Å². The third-order valence-corrected chi connectivity index (χ3v) is 6.44. The second-order valence-electron chi connectivity index (χ2n) is 6.71. The summed E-state index contributed by atoms with van der Waals surface area (Å²) in [7, 11) is 0. The van der Waals surface area contributed by atoms with E-state index in [1.807, 2.05) is 11.5 Å². The van der Waals surface area contributed by atoms with E-state index in [0.29, 0.717) is 34.7 Å². The zero-order valence-corrected chi connectivity index (χ0v) is 17.5. The maximum absolute atomic E-state index is 13.0. The number of carbonyl (C=O) groups is 1. The highest BCUT2D eigenvalue weighted by Crippen LogP contribution is 2.33. The molecule has 0 radical (unpaired) electrons. The average molecular weight is 445 g/mol. The predicted octanol–water partition coefficient (Wildman–Crippen LogP) is 4.47. The summed E-state index contributed by atoms with van der Waals surface area (Å²) in [5.74, 6) is 1.39. The molecule has 10 heteroatoms. The molecular weight excluding hydrogens is 431 g/mol. The number of rotatable bonds is 2. The first-order valence-electron chi connectivity index (χ1n) is 8.93. The Balaban J connectivity index is 1.47. The number of carbonyl (C=O) groups excluding carboxylic acids is 1. The number of pyridine rings is 1. The lowest BCUT2D eigenvalue weighted by molar-refractivity contribution is 0.0638. The van der Waals surface area contributed by atoms with Crippen LogP contribution < -0.4 is 0 Å². The third kappa shape index (κ3) is 3.17. The number of hydrogen-bond acceptors (Lipinski definition) is 6. The van der Waals surface area contributed by atoms with Gasteiger partial charge in [0.25, 0.3) is 5.91 Å². The van der Waals surface area contributed by atoms with Crippen molar-refractivity contribution in [1.82, 2.24) is 29.6 Å². The topological polar surface area (TPSA) is 76.8 Å². The molecule has 1 amide bonds. The Morgan fingerprint density at radius 3 is 2.76 bits per heavy atom. The molecule has 1 aromatic carbocycles. The lowest BCUT2D eigenvalue weighted by atomic mass is 10.1. The molecule has 4 heterocycles. The predicted molar refractivity (Wildman–Crippen MR) is 112 cm³/mol. The lowest BCUT2D eigenvalue weighted by Crippen LogP contribution is -2.41. The van der Waals surface area contributed by atoms with E-state index in [9.17, 15) is 4.79 Å². The van der Waals surface area contributed by atoms with Gasteiger partial charge in [-0.25, -0.2) is 9.97 Å². The molecule has 1 aliphatic rings. The SMILES string of the molecule is CC1c2nnc(-c3nc4cnc(Cl)cc4s3)n2CCN1C(=O)c1ccc(Cl)cc1. The van der Waals surface area contributed by atoms with Crippen LogP contribution in [0.3, 0.4) is 0 Å². The van der Waals surface area contributed by atoms with Crippen LogP contribution in [-0.2, 0) is 6.54 Å². The fourth-order valence-electron chi connectivity index (χ4n) is 3.48. The van der Waals surface area contributed by atoms with Gasteiger partial charge in [-0.15, -0.1) is 21.5 Å². The highest BCUT2D eigenvalue weighted by atomic mass is 35.5. The lowest BCUT2D eigenvalue weighted by Gasteiger charge is -2.33. The van der Waals surface area contributed by atoms with E-state index in [0.717, 1.165) is 21.0 Å². The van der Waals surface area contributed by atoms with Crippen LogP contribution in [0.1, 0.15) is 29.1 Å². The van der Waals surface area contributed by atoms with Gasteiger partial charge in [-0.2, -0.15) is 0 Å². The van der Waals surface area contributed by atoms with E-state index in [-0.39, 0.29) is 11.9 Å². The van der Waals surface area contributed by atoms with Gasteiger partial charge in [-0.3, -0.25) is 4.79 Å². The Hall–Kier alpha value is -2.55. The van der Waals surface area contributed by atoms with Gasteiger partial charge in [0.05, 0.1) is 16.9 Å². The Kier molecular flexibility index (Phi) is 4.49. The van der Waals surface area contributed by atoms with Crippen molar-refractivity contribution in [3.05, 3.63) is 58.1 Å². The summed E-state index contributed by atoms with van der Waals surface area (Å²) in [5.41, 5.74) is 1.38. The van der Waals surface area contributed by atoms with Gasteiger partial charge in [0.1, 0.15) is 10.7 Å². The van der Waals surface area contributed by atoms with Crippen molar-refractivity contribution < 1.29 is 4.79 Å². The van der Waals surface area contributed by atoms with Crippen molar-refractivity contribution in [1.29, 1.82) is 0 Å². The van der Waals surface area contributed by atoms with E-state index in [1.54, 1.807) is 41.4 Å². The van der Waals surface area contributed by atoms with Crippen molar-refractivity contribution in [3.63, 3.8) is 0 Å². The molecule has 0 aliphatic carbocycles. The van der Waals surface area contributed by atoms with Crippen LogP contribution in [0.25, 0.3) is 21.0 Å². The molecule has 146 valence electrons. The Bertz CT molecular complexity index is 1240. The first kappa shape index (κ1) is 18.5. The molecule has 29 heavy (non-hydrogen) atoms. The molecular formula is C19H14Cl2N6OS. The van der Waals surface area contributed by atoms with E-state index in [1.165, 1.54) is 11.3 Å². The third-order valence-electron chi connectivity index (χ3n) is 4.97. The maximum atomic E-state index is 13.0. The normalized spacial score (nSPS) is 16.2. The molecule has 1 atom stereocenters. The van der Waals surface area contributed by atoms with Gasteiger partial charge in [0.2, 0.25) is 0 Å². The summed E-state index contributed by atoms with van der Waals surface area (Å²) >= 11 is 13.4. The largest absolute Gasteiger partial charge is 0.327 e. The summed E-state index contributed by atoms with van der Waals surface area (Å²) in [6.45, 7) is 3.11. The minimum atomic E-state index is -0.210. The average Bonchev–Trinajstić information content (AvgIpc) is 3.32. The number of halogens is 2. The van der Waals surface area contributed by atoms with E-state index in [4.69, 9.17) is 23.2 Å². The molecule has 0 N–H and O–H groups in total. The van der Waals surface area contributed by atoms with Crippen LogP contribution in [0.15, 0.2) is 36.5 Å². The summed E-state index contributed by atoms with van der Waals surface area (Å²) in [6.07, 6.45) is 1.65. The van der Waals surface area contributed by atoms with Gasteiger partial charge >= 0.3 is 0 Å². The fraction of sp³-hybridized carbons (Fsp3) is 0.211. The number of amides is 1. The number of fused-ring (bicyclic) bond motifs is 2. The van der Waals surface area contributed by atoms with Crippen LogP contribution in [-0.4, -0.2) is 42.1 Å².